The molecule has 0 radical (unpaired) electrons. The second kappa shape index (κ2) is 8.93. The quantitative estimate of drug-likeness (QED) is 0.580. The summed E-state index contributed by atoms with van der Waals surface area (Å²) in [5, 5.41) is 1.92. The highest BCUT2D eigenvalue weighted by molar-refractivity contribution is 7.89. The molecule has 0 aliphatic carbocycles. The molecule has 2 aliphatic rings. The number of aryl methyl sites for hydroxylation is 1. The number of aromatic nitrogens is 1. The highest BCUT2D eigenvalue weighted by atomic mass is 32.2. The Morgan fingerprint density at radius 2 is 1.70 bits per heavy atom. The van der Waals surface area contributed by atoms with Gasteiger partial charge in [-0.05, 0) is 54.4 Å². The van der Waals surface area contributed by atoms with Gasteiger partial charge < -0.3 is 9.47 Å². The van der Waals surface area contributed by atoms with Crippen LogP contribution in [-0.2, 0) is 21.9 Å². The van der Waals surface area contributed by atoms with Crippen LogP contribution in [0.2, 0.25) is 0 Å². The first-order valence-electron chi connectivity index (χ1n) is 11.6. The van der Waals surface area contributed by atoms with E-state index in [1.165, 1.54) is 10.00 Å². The minimum Gasteiger partial charge on any atom is -0.353 e. The summed E-state index contributed by atoms with van der Waals surface area (Å²) in [6.07, 6.45) is 4.19. The lowest BCUT2D eigenvalue weighted by Gasteiger charge is -2.35. The van der Waals surface area contributed by atoms with Crippen molar-refractivity contribution in [2.45, 2.75) is 23.8 Å². The zero-order valence-electron chi connectivity index (χ0n) is 18.9. The van der Waals surface area contributed by atoms with E-state index in [4.69, 9.17) is 0 Å². The van der Waals surface area contributed by atoms with Gasteiger partial charge in [-0.15, -0.1) is 0 Å². The van der Waals surface area contributed by atoms with Crippen molar-refractivity contribution in [3.8, 4) is 0 Å². The molecular formula is C25H30N4O3S. The number of rotatable bonds is 5. The Morgan fingerprint density at radius 1 is 0.939 bits per heavy atom. The molecule has 8 heteroatoms. The van der Waals surface area contributed by atoms with E-state index >= 15 is 0 Å². The number of nitrogens with zero attached hydrogens (tertiary/aromatic N) is 4. The predicted molar refractivity (Wildman–Crippen MR) is 128 cm³/mol. The third-order valence-electron chi connectivity index (χ3n) is 6.98. The lowest BCUT2D eigenvalue weighted by molar-refractivity contribution is -0.133. The van der Waals surface area contributed by atoms with Crippen LogP contribution in [-0.4, -0.2) is 72.3 Å². The first-order chi connectivity index (χ1) is 15.9. The molecule has 2 aliphatic heterocycles. The second-order valence-corrected chi connectivity index (χ2v) is 10.9. The van der Waals surface area contributed by atoms with Gasteiger partial charge in [0.05, 0.1) is 17.5 Å². The molecule has 1 amide bonds. The zero-order chi connectivity index (χ0) is 23.0. The predicted octanol–water partition coefficient (Wildman–Crippen LogP) is 2.85. The van der Waals surface area contributed by atoms with Gasteiger partial charge in [0.25, 0.3) is 0 Å². The number of fused-ring (bicyclic) bond motifs is 1. The van der Waals surface area contributed by atoms with Crippen molar-refractivity contribution < 1.29 is 13.2 Å². The molecule has 2 saturated heterocycles. The molecule has 1 aromatic heterocycles. The van der Waals surface area contributed by atoms with Crippen molar-refractivity contribution in [1.82, 2.24) is 18.7 Å². The van der Waals surface area contributed by atoms with Gasteiger partial charge in [-0.2, -0.15) is 4.31 Å². The second-order valence-electron chi connectivity index (χ2n) is 8.97. The van der Waals surface area contributed by atoms with Gasteiger partial charge in [0.2, 0.25) is 15.9 Å². The number of piperazine rings is 1. The van der Waals surface area contributed by atoms with E-state index in [9.17, 15) is 13.2 Å². The molecule has 0 bridgehead atoms. The maximum Gasteiger partial charge on any atom is 0.243 e. The fraction of sp³-hybridized carbons (Fsp3) is 0.400. The third kappa shape index (κ3) is 4.30. The summed E-state index contributed by atoms with van der Waals surface area (Å²) in [5.41, 5.74) is 1.24. The number of carbonyl (C=O) groups excluding carboxylic acids is 1. The molecule has 2 aromatic carbocycles. The molecule has 2 fully saturated rings. The zero-order valence-corrected chi connectivity index (χ0v) is 19.7. The Labute approximate surface area is 195 Å². The fourth-order valence-electron chi connectivity index (χ4n) is 5.10. The van der Waals surface area contributed by atoms with E-state index in [1.54, 1.807) is 12.1 Å². The number of amides is 1. The van der Waals surface area contributed by atoms with Gasteiger partial charge in [-0.25, -0.2) is 8.42 Å². The minimum atomic E-state index is -3.59. The largest absolute Gasteiger partial charge is 0.353 e. The van der Waals surface area contributed by atoms with Crippen LogP contribution < -0.4 is 0 Å². The van der Waals surface area contributed by atoms with Gasteiger partial charge in [-0.1, -0.05) is 30.3 Å². The molecule has 0 spiro atoms. The molecule has 33 heavy (non-hydrogen) atoms. The van der Waals surface area contributed by atoms with E-state index < -0.39 is 10.0 Å². The Bertz CT molecular complexity index is 1260. The van der Waals surface area contributed by atoms with Crippen molar-refractivity contribution in [3.63, 3.8) is 0 Å². The Kier molecular flexibility index (Phi) is 5.99. The molecular weight excluding hydrogens is 436 g/mol. The van der Waals surface area contributed by atoms with E-state index in [-0.39, 0.29) is 11.9 Å². The van der Waals surface area contributed by atoms with Gasteiger partial charge in [0, 0.05) is 45.1 Å². The molecule has 0 unspecified atom stereocenters. The average molecular weight is 467 g/mol. The molecule has 0 saturated carbocycles. The summed E-state index contributed by atoms with van der Waals surface area (Å²) < 4.78 is 30.0. The van der Waals surface area contributed by atoms with Gasteiger partial charge in [0.1, 0.15) is 0 Å². The van der Waals surface area contributed by atoms with Crippen molar-refractivity contribution in [3.05, 3.63) is 66.5 Å². The Hall–Kier alpha value is -2.68. The monoisotopic (exact) mass is 466 g/mol. The van der Waals surface area contributed by atoms with Crippen LogP contribution in [0.15, 0.2) is 65.7 Å². The highest BCUT2D eigenvalue weighted by Gasteiger charge is 2.33. The van der Waals surface area contributed by atoms with Crippen LogP contribution in [0.4, 0.5) is 0 Å². The fourth-order valence-corrected chi connectivity index (χ4v) is 6.56. The number of carbonyl (C=O) groups is 1. The number of hydrogen-bond acceptors (Lipinski definition) is 4. The van der Waals surface area contributed by atoms with Crippen LogP contribution in [0.25, 0.3) is 10.8 Å². The molecule has 3 heterocycles. The smallest absolute Gasteiger partial charge is 0.243 e. The summed E-state index contributed by atoms with van der Waals surface area (Å²) in [6, 6.07) is 17.4. The maximum atomic E-state index is 13.2. The van der Waals surface area contributed by atoms with Crippen LogP contribution in [0.3, 0.4) is 0 Å². The summed E-state index contributed by atoms with van der Waals surface area (Å²) >= 11 is 0. The molecule has 174 valence electrons. The van der Waals surface area contributed by atoms with Gasteiger partial charge in [0.15, 0.2) is 0 Å². The molecule has 0 N–H and O–H groups in total. The van der Waals surface area contributed by atoms with Gasteiger partial charge in [-0.3, -0.25) is 9.69 Å². The Balaban J connectivity index is 1.22. The minimum absolute atomic E-state index is 0.0823. The third-order valence-corrected chi connectivity index (χ3v) is 8.87. The number of hydrogen-bond donors (Lipinski definition) is 0. The Morgan fingerprint density at radius 3 is 2.42 bits per heavy atom. The first-order valence-corrected chi connectivity index (χ1v) is 13.0. The highest BCUT2D eigenvalue weighted by Crippen LogP contribution is 2.31. The molecule has 7 nitrogen and oxygen atoms in total. The van der Waals surface area contributed by atoms with Crippen LogP contribution in [0.5, 0.6) is 0 Å². The van der Waals surface area contributed by atoms with Gasteiger partial charge >= 0.3 is 0 Å². The van der Waals surface area contributed by atoms with Crippen molar-refractivity contribution in [2.24, 2.45) is 7.05 Å². The SMILES string of the molecule is Cn1cccc1[C@@H]1CCCN1CC(=O)N1CCN(S(=O)(=O)c2ccc3ccccc3c2)CC1. The standard InChI is InChI=1S/C25H30N4O3S/c1-26-12-4-8-23(26)24-9-5-13-28(24)19-25(30)27-14-16-29(17-15-27)33(31,32)22-11-10-20-6-2-3-7-21(20)18-22/h2-4,6-8,10-12,18,24H,5,9,13-17,19H2,1H3/t24-/m0/s1. The number of benzene rings is 2. The lowest BCUT2D eigenvalue weighted by atomic mass is 10.1. The van der Waals surface area contributed by atoms with Crippen molar-refractivity contribution >= 4 is 26.7 Å². The van der Waals surface area contributed by atoms with Crippen molar-refractivity contribution in [2.75, 3.05) is 39.3 Å². The number of sulfonamides is 1. The first kappa shape index (κ1) is 22.1. The summed E-state index contributed by atoms with van der Waals surface area (Å²) in [7, 11) is -1.54. The van der Waals surface area contributed by atoms with E-state index in [0.29, 0.717) is 37.6 Å². The van der Waals surface area contributed by atoms with Crippen LogP contribution in [0.1, 0.15) is 24.6 Å². The van der Waals surface area contributed by atoms with E-state index in [1.807, 2.05) is 54.5 Å². The number of likely N-dealkylation sites (tertiary alicyclic amines) is 1. The molecule has 1 atom stereocenters. The summed E-state index contributed by atoms with van der Waals surface area (Å²) in [5.74, 6) is 0.0823. The average Bonchev–Trinajstić information content (AvgIpc) is 3.47. The maximum absolute atomic E-state index is 13.2. The summed E-state index contributed by atoms with van der Waals surface area (Å²) in [4.78, 5) is 17.4. The van der Waals surface area contributed by atoms with E-state index in [0.717, 1.165) is 30.2 Å². The summed E-state index contributed by atoms with van der Waals surface area (Å²) in [6.45, 7) is 2.79. The topological polar surface area (TPSA) is 65.9 Å². The molecule has 3 aromatic rings. The normalized spacial score (nSPS) is 20.5. The van der Waals surface area contributed by atoms with Crippen LogP contribution in [0, 0.1) is 0 Å². The lowest BCUT2D eigenvalue weighted by Crippen LogP contribution is -2.52. The van der Waals surface area contributed by atoms with Crippen LogP contribution >= 0.6 is 0 Å². The van der Waals surface area contributed by atoms with E-state index in [2.05, 4.69) is 15.5 Å². The molecule has 5 rings (SSSR count). The van der Waals surface area contributed by atoms with Crippen molar-refractivity contribution in [1.29, 1.82) is 0 Å².